The van der Waals surface area contributed by atoms with Crippen molar-refractivity contribution in [3.05, 3.63) is 12.7 Å². The fourth-order valence-electron chi connectivity index (χ4n) is 2.01. The van der Waals surface area contributed by atoms with Gasteiger partial charge in [0, 0.05) is 12.0 Å². The maximum Gasteiger partial charge on any atom is 0.417 e. The van der Waals surface area contributed by atoms with E-state index >= 15 is 0 Å². The van der Waals surface area contributed by atoms with Gasteiger partial charge in [0.2, 0.25) is 5.91 Å². The molecule has 1 aliphatic rings. The molecule has 4 heteroatoms. The molecular formula is C13H21NO3. The van der Waals surface area contributed by atoms with Crippen molar-refractivity contribution in [3.8, 4) is 0 Å². The van der Waals surface area contributed by atoms with Gasteiger partial charge < -0.3 is 4.74 Å². The number of likely N-dealkylation sites (tertiary alicyclic amines) is 1. The summed E-state index contributed by atoms with van der Waals surface area (Å²) < 4.78 is 5.23. The third kappa shape index (κ3) is 3.32. The molecule has 1 heterocycles. The molecule has 2 atom stereocenters. The Morgan fingerprint density at radius 1 is 1.59 bits per heavy atom. The summed E-state index contributed by atoms with van der Waals surface area (Å²) in [4.78, 5) is 25.1. The minimum absolute atomic E-state index is 0.0951. The Morgan fingerprint density at radius 3 is 2.65 bits per heavy atom. The van der Waals surface area contributed by atoms with Crippen molar-refractivity contribution in [3.63, 3.8) is 0 Å². The number of amides is 2. The zero-order valence-corrected chi connectivity index (χ0v) is 11.0. The number of ether oxygens (including phenoxy) is 1. The van der Waals surface area contributed by atoms with Crippen LogP contribution in [-0.4, -0.2) is 28.5 Å². The molecule has 17 heavy (non-hydrogen) atoms. The number of hydrogen-bond acceptors (Lipinski definition) is 3. The van der Waals surface area contributed by atoms with Gasteiger partial charge in [-0.05, 0) is 40.5 Å². The van der Waals surface area contributed by atoms with Crippen LogP contribution in [0.15, 0.2) is 12.7 Å². The van der Waals surface area contributed by atoms with Gasteiger partial charge in [0.05, 0.1) is 0 Å². The average molecular weight is 239 g/mol. The lowest BCUT2D eigenvalue weighted by molar-refractivity contribution is -0.130. The molecule has 0 aromatic rings. The smallest absolute Gasteiger partial charge is 0.417 e. The van der Waals surface area contributed by atoms with E-state index in [1.165, 1.54) is 4.90 Å². The van der Waals surface area contributed by atoms with Crippen molar-refractivity contribution in [1.82, 2.24) is 4.90 Å². The van der Waals surface area contributed by atoms with Gasteiger partial charge in [-0.15, -0.1) is 6.58 Å². The summed E-state index contributed by atoms with van der Waals surface area (Å²) in [6, 6.07) is -0.0951. The molecule has 0 bridgehead atoms. The standard InChI is InChI=1S/C13H21NO3/c1-6-7-10-8-9(2)14(11(10)15)12(16)17-13(3,4)5/h6,9-10H,1,7-8H2,2-5H3/t9-,10-/m0/s1. The third-order valence-corrected chi connectivity index (χ3v) is 2.69. The zero-order chi connectivity index (χ0) is 13.2. The number of imide groups is 1. The maximum atomic E-state index is 12.0. The second-order valence-corrected chi connectivity index (χ2v) is 5.49. The SMILES string of the molecule is C=CC[C@H]1C[C@H](C)N(C(=O)OC(C)(C)C)C1=O. The Labute approximate surface area is 103 Å². The van der Waals surface area contributed by atoms with Crippen LogP contribution in [0.1, 0.15) is 40.5 Å². The van der Waals surface area contributed by atoms with Gasteiger partial charge in [-0.1, -0.05) is 6.08 Å². The predicted molar refractivity (Wildman–Crippen MR) is 65.5 cm³/mol. The monoisotopic (exact) mass is 239 g/mol. The maximum absolute atomic E-state index is 12.0. The highest BCUT2D eigenvalue weighted by Crippen LogP contribution is 2.28. The molecular weight excluding hydrogens is 218 g/mol. The molecule has 0 aromatic carbocycles. The first-order valence-corrected chi connectivity index (χ1v) is 5.93. The lowest BCUT2D eigenvalue weighted by Crippen LogP contribution is -2.41. The molecule has 2 amide bonds. The first-order valence-electron chi connectivity index (χ1n) is 5.93. The molecule has 1 rings (SSSR count). The van der Waals surface area contributed by atoms with Crippen molar-refractivity contribution in [2.75, 3.05) is 0 Å². The van der Waals surface area contributed by atoms with E-state index in [9.17, 15) is 9.59 Å². The quantitative estimate of drug-likeness (QED) is 0.696. The number of nitrogens with zero attached hydrogens (tertiary/aromatic N) is 1. The van der Waals surface area contributed by atoms with E-state index < -0.39 is 11.7 Å². The van der Waals surface area contributed by atoms with Crippen LogP contribution in [0.4, 0.5) is 4.79 Å². The van der Waals surface area contributed by atoms with Crippen LogP contribution in [-0.2, 0) is 9.53 Å². The Hall–Kier alpha value is -1.32. The van der Waals surface area contributed by atoms with Crippen LogP contribution in [0.3, 0.4) is 0 Å². The predicted octanol–water partition coefficient (Wildman–Crippen LogP) is 2.73. The highest BCUT2D eigenvalue weighted by molar-refractivity contribution is 5.95. The minimum Gasteiger partial charge on any atom is -0.443 e. The molecule has 0 unspecified atom stereocenters. The molecule has 96 valence electrons. The molecule has 0 aromatic heterocycles. The minimum atomic E-state index is -0.576. The van der Waals surface area contributed by atoms with Crippen LogP contribution in [0.2, 0.25) is 0 Å². The van der Waals surface area contributed by atoms with E-state index in [-0.39, 0.29) is 17.9 Å². The van der Waals surface area contributed by atoms with Crippen molar-refractivity contribution >= 4 is 12.0 Å². The topological polar surface area (TPSA) is 46.6 Å². The van der Waals surface area contributed by atoms with Crippen LogP contribution in [0, 0.1) is 5.92 Å². The van der Waals surface area contributed by atoms with Gasteiger partial charge in [-0.25, -0.2) is 9.69 Å². The summed E-state index contributed by atoms with van der Waals surface area (Å²) >= 11 is 0. The number of carbonyl (C=O) groups is 2. The first kappa shape index (κ1) is 13.7. The van der Waals surface area contributed by atoms with Crippen LogP contribution >= 0.6 is 0 Å². The van der Waals surface area contributed by atoms with Crippen LogP contribution in [0.25, 0.3) is 0 Å². The Morgan fingerprint density at radius 2 is 2.18 bits per heavy atom. The van der Waals surface area contributed by atoms with Gasteiger partial charge in [0.15, 0.2) is 0 Å². The summed E-state index contributed by atoms with van der Waals surface area (Å²) in [5.41, 5.74) is -0.576. The van der Waals surface area contributed by atoms with Gasteiger partial charge in [0.25, 0.3) is 0 Å². The molecule has 1 aliphatic heterocycles. The summed E-state index contributed by atoms with van der Waals surface area (Å²) in [5, 5.41) is 0. The highest BCUT2D eigenvalue weighted by atomic mass is 16.6. The van der Waals surface area contributed by atoms with Crippen LogP contribution in [0.5, 0.6) is 0 Å². The molecule has 0 radical (unpaired) electrons. The summed E-state index contributed by atoms with van der Waals surface area (Å²) in [6.07, 6.45) is 2.47. The first-order chi connectivity index (χ1) is 7.76. The van der Waals surface area contributed by atoms with E-state index in [1.54, 1.807) is 26.8 Å². The number of allylic oxidation sites excluding steroid dienone is 1. The average Bonchev–Trinajstić information content (AvgIpc) is 2.39. The third-order valence-electron chi connectivity index (χ3n) is 2.69. The van der Waals surface area contributed by atoms with Crippen LogP contribution < -0.4 is 0 Å². The zero-order valence-electron chi connectivity index (χ0n) is 11.0. The van der Waals surface area contributed by atoms with E-state index in [2.05, 4.69) is 6.58 Å². The van der Waals surface area contributed by atoms with Gasteiger partial charge in [-0.2, -0.15) is 0 Å². The fraction of sp³-hybridized carbons (Fsp3) is 0.692. The Bertz CT molecular complexity index is 330. The fourth-order valence-corrected chi connectivity index (χ4v) is 2.01. The van der Waals surface area contributed by atoms with Crippen molar-refractivity contribution in [1.29, 1.82) is 0 Å². The lowest BCUT2D eigenvalue weighted by Gasteiger charge is -2.25. The van der Waals surface area contributed by atoms with Gasteiger partial charge in [0.1, 0.15) is 5.60 Å². The van der Waals surface area contributed by atoms with Crippen molar-refractivity contribution in [2.45, 2.75) is 52.2 Å². The number of carbonyl (C=O) groups excluding carboxylic acids is 2. The number of rotatable bonds is 2. The van der Waals surface area contributed by atoms with Crippen molar-refractivity contribution in [2.24, 2.45) is 5.92 Å². The van der Waals surface area contributed by atoms with Gasteiger partial charge >= 0.3 is 6.09 Å². The Kier molecular flexibility index (Phi) is 3.96. The van der Waals surface area contributed by atoms with E-state index in [1.807, 2.05) is 6.92 Å². The Balaban J connectivity index is 2.74. The molecule has 0 N–H and O–H groups in total. The van der Waals surface area contributed by atoms with E-state index in [0.29, 0.717) is 12.8 Å². The van der Waals surface area contributed by atoms with Gasteiger partial charge in [-0.3, -0.25) is 4.79 Å². The summed E-state index contributed by atoms with van der Waals surface area (Å²) in [5.74, 6) is -0.276. The van der Waals surface area contributed by atoms with E-state index in [0.717, 1.165) is 0 Å². The molecule has 0 saturated carbocycles. The second-order valence-electron chi connectivity index (χ2n) is 5.49. The highest BCUT2D eigenvalue weighted by Gasteiger charge is 2.41. The van der Waals surface area contributed by atoms with Crippen molar-refractivity contribution < 1.29 is 14.3 Å². The summed E-state index contributed by atoms with van der Waals surface area (Å²) in [6.45, 7) is 10.9. The molecule has 1 saturated heterocycles. The molecule has 0 spiro atoms. The molecule has 0 aliphatic carbocycles. The lowest BCUT2D eigenvalue weighted by atomic mass is 10.0. The molecule has 1 fully saturated rings. The molecule has 4 nitrogen and oxygen atoms in total. The normalized spacial score (nSPS) is 24.9. The van der Waals surface area contributed by atoms with E-state index in [4.69, 9.17) is 4.74 Å². The largest absolute Gasteiger partial charge is 0.443 e. The number of hydrogen-bond donors (Lipinski definition) is 0. The second kappa shape index (κ2) is 4.90. The summed E-state index contributed by atoms with van der Waals surface area (Å²) in [7, 11) is 0.